The molecule has 0 aromatic heterocycles. The number of hydrogen-bond acceptors (Lipinski definition) is 2. The molecule has 0 saturated heterocycles. The summed E-state index contributed by atoms with van der Waals surface area (Å²) in [6, 6.07) is 11.0. The van der Waals surface area contributed by atoms with E-state index in [-0.39, 0.29) is 24.0 Å². The summed E-state index contributed by atoms with van der Waals surface area (Å²) in [4.78, 5) is 5.57. The summed E-state index contributed by atoms with van der Waals surface area (Å²) >= 11 is 1.86. The molecule has 3 nitrogen and oxygen atoms in total. The molecule has 2 rings (SSSR count). The smallest absolute Gasteiger partial charge is 0.191 e. The van der Waals surface area contributed by atoms with Crippen molar-refractivity contribution >= 4 is 41.7 Å². The molecule has 0 unspecified atom stereocenters. The van der Waals surface area contributed by atoms with Gasteiger partial charge in [-0.3, -0.25) is 4.99 Å². The molecule has 1 aliphatic carbocycles. The zero-order chi connectivity index (χ0) is 13.3. The highest BCUT2D eigenvalue weighted by molar-refractivity contribution is 14.0. The highest BCUT2D eigenvalue weighted by atomic mass is 127. The maximum atomic E-state index is 4.25. The molecular formula is C15H22IN3S. The summed E-state index contributed by atoms with van der Waals surface area (Å²) < 4.78 is 0. The fraction of sp³-hybridized carbons (Fsp3) is 0.400. The third kappa shape index (κ3) is 6.17. The molecule has 0 saturated carbocycles. The average molecular weight is 403 g/mol. The van der Waals surface area contributed by atoms with Gasteiger partial charge in [0.15, 0.2) is 5.96 Å². The van der Waals surface area contributed by atoms with Gasteiger partial charge in [0, 0.05) is 30.3 Å². The van der Waals surface area contributed by atoms with Crippen LogP contribution in [0.5, 0.6) is 0 Å². The molecule has 0 bridgehead atoms. The van der Waals surface area contributed by atoms with Gasteiger partial charge in [-0.15, -0.1) is 35.7 Å². The molecule has 0 radical (unpaired) electrons. The molecule has 2 N–H and O–H groups in total. The Morgan fingerprint density at radius 3 is 2.60 bits per heavy atom. The molecule has 0 atom stereocenters. The first-order valence-corrected chi connectivity index (χ1v) is 7.67. The normalized spacial score (nSPS) is 14.9. The first-order valence-electron chi connectivity index (χ1n) is 6.68. The van der Waals surface area contributed by atoms with Crippen LogP contribution in [0, 0.1) is 0 Å². The van der Waals surface area contributed by atoms with E-state index in [1.807, 2.05) is 24.9 Å². The van der Waals surface area contributed by atoms with E-state index >= 15 is 0 Å². The molecule has 0 amide bonds. The minimum absolute atomic E-state index is 0. The number of aliphatic imine (C=N–C) groups is 1. The predicted molar refractivity (Wildman–Crippen MR) is 99.2 cm³/mol. The van der Waals surface area contributed by atoms with Gasteiger partial charge in [0.05, 0.1) is 0 Å². The summed E-state index contributed by atoms with van der Waals surface area (Å²) in [5.74, 6) is 1.94. The Hall–Kier alpha value is -0.690. The topological polar surface area (TPSA) is 36.4 Å². The second kappa shape index (κ2) is 10.1. The number of nitrogens with one attached hydrogen (secondary N) is 2. The highest BCUT2D eigenvalue weighted by Gasteiger charge is 2.10. The van der Waals surface area contributed by atoms with E-state index in [2.05, 4.69) is 52.0 Å². The number of hydrogen-bond donors (Lipinski definition) is 2. The van der Waals surface area contributed by atoms with E-state index in [1.165, 1.54) is 4.90 Å². The van der Waals surface area contributed by atoms with Gasteiger partial charge in [0.1, 0.15) is 0 Å². The third-order valence-electron chi connectivity index (χ3n) is 2.98. The highest BCUT2D eigenvalue weighted by Crippen LogP contribution is 2.15. The molecule has 0 fully saturated rings. The SMILES string of the molecule is CN=C(NCCSc1ccccc1)NC1CC=CC1.I. The second-order valence-corrected chi connectivity index (χ2v) is 5.61. The van der Waals surface area contributed by atoms with Crippen LogP contribution in [0.4, 0.5) is 0 Å². The Balaban J connectivity index is 0.00000200. The van der Waals surface area contributed by atoms with Crippen LogP contribution in [0.25, 0.3) is 0 Å². The largest absolute Gasteiger partial charge is 0.356 e. The Labute approximate surface area is 142 Å². The summed E-state index contributed by atoms with van der Waals surface area (Å²) in [5, 5.41) is 6.79. The van der Waals surface area contributed by atoms with Gasteiger partial charge in [0.25, 0.3) is 0 Å². The van der Waals surface area contributed by atoms with E-state index in [9.17, 15) is 0 Å². The van der Waals surface area contributed by atoms with Crippen LogP contribution in [-0.4, -0.2) is 31.3 Å². The summed E-state index contributed by atoms with van der Waals surface area (Å²) in [7, 11) is 1.82. The Kier molecular flexibility index (Phi) is 8.77. The number of thioether (sulfide) groups is 1. The van der Waals surface area contributed by atoms with Gasteiger partial charge in [-0.25, -0.2) is 0 Å². The summed E-state index contributed by atoms with van der Waals surface area (Å²) in [6.45, 7) is 0.916. The minimum atomic E-state index is 0. The number of halogens is 1. The van der Waals surface area contributed by atoms with E-state index in [4.69, 9.17) is 0 Å². The standard InChI is InChI=1S/C15H21N3S.HI/c1-16-15(18-13-7-5-6-8-13)17-11-12-19-14-9-3-2-4-10-14;/h2-6,9-10,13H,7-8,11-12H2,1H3,(H2,16,17,18);1H. The van der Waals surface area contributed by atoms with Crippen molar-refractivity contribution in [2.45, 2.75) is 23.8 Å². The Morgan fingerprint density at radius 1 is 1.25 bits per heavy atom. The molecule has 1 aliphatic rings. The zero-order valence-corrected chi connectivity index (χ0v) is 14.9. The predicted octanol–water partition coefficient (Wildman–Crippen LogP) is 3.28. The molecule has 110 valence electrons. The van der Waals surface area contributed by atoms with Crippen LogP contribution in [-0.2, 0) is 0 Å². The van der Waals surface area contributed by atoms with Crippen LogP contribution < -0.4 is 10.6 Å². The number of guanidine groups is 1. The van der Waals surface area contributed by atoms with Crippen LogP contribution in [0.15, 0.2) is 52.4 Å². The number of nitrogens with zero attached hydrogens (tertiary/aromatic N) is 1. The molecule has 1 aromatic carbocycles. The van der Waals surface area contributed by atoms with Crippen LogP contribution >= 0.6 is 35.7 Å². The fourth-order valence-electron chi connectivity index (χ4n) is 1.98. The molecule has 0 aliphatic heterocycles. The maximum Gasteiger partial charge on any atom is 0.191 e. The van der Waals surface area contributed by atoms with Crippen molar-refractivity contribution in [3.63, 3.8) is 0 Å². The first kappa shape index (κ1) is 17.4. The van der Waals surface area contributed by atoms with Crippen LogP contribution in [0.2, 0.25) is 0 Å². The van der Waals surface area contributed by atoms with E-state index in [1.54, 1.807) is 0 Å². The van der Waals surface area contributed by atoms with Gasteiger partial charge in [-0.1, -0.05) is 30.4 Å². The molecule has 0 heterocycles. The quantitative estimate of drug-likeness (QED) is 0.198. The van der Waals surface area contributed by atoms with Crippen molar-refractivity contribution in [3.8, 4) is 0 Å². The third-order valence-corrected chi connectivity index (χ3v) is 3.99. The average Bonchev–Trinajstić information content (AvgIpc) is 2.96. The van der Waals surface area contributed by atoms with Gasteiger partial charge in [-0.2, -0.15) is 0 Å². The molecule has 20 heavy (non-hydrogen) atoms. The van der Waals surface area contributed by atoms with Crippen molar-refractivity contribution in [2.24, 2.45) is 4.99 Å². The summed E-state index contributed by atoms with van der Waals surface area (Å²) in [6.07, 6.45) is 6.63. The van der Waals surface area contributed by atoms with Gasteiger partial charge >= 0.3 is 0 Å². The lowest BCUT2D eigenvalue weighted by atomic mass is 10.2. The van der Waals surface area contributed by atoms with Crippen molar-refractivity contribution in [3.05, 3.63) is 42.5 Å². The first-order chi connectivity index (χ1) is 9.38. The monoisotopic (exact) mass is 403 g/mol. The molecular weight excluding hydrogens is 381 g/mol. The minimum Gasteiger partial charge on any atom is -0.356 e. The Bertz CT molecular complexity index is 426. The number of benzene rings is 1. The lowest BCUT2D eigenvalue weighted by Crippen LogP contribution is -2.43. The molecule has 0 spiro atoms. The van der Waals surface area contributed by atoms with E-state index in [0.717, 1.165) is 31.1 Å². The van der Waals surface area contributed by atoms with Gasteiger partial charge < -0.3 is 10.6 Å². The molecule has 5 heteroatoms. The Morgan fingerprint density at radius 2 is 1.95 bits per heavy atom. The van der Waals surface area contributed by atoms with Crippen molar-refractivity contribution in [1.82, 2.24) is 10.6 Å². The van der Waals surface area contributed by atoms with Gasteiger partial charge in [-0.05, 0) is 25.0 Å². The van der Waals surface area contributed by atoms with E-state index < -0.39 is 0 Å². The van der Waals surface area contributed by atoms with Gasteiger partial charge in [0.2, 0.25) is 0 Å². The van der Waals surface area contributed by atoms with Crippen LogP contribution in [0.1, 0.15) is 12.8 Å². The zero-order valence-electron chi connectivity index (χ0n) is 11.7. The second-order valence-electron chi connectivity index (χ2n) is 4.44. The van der Waals surface area contributed by atoms with Crippen LogP contribution in [0.3, 0.4) is 0 Å². The lowest BCUT2D eigenvalue weighted by Gasteiger charge is -2.16. The fourth-order valence-corrected chi connectivity index (χ4v) is 2.77. The van der Waals surface area contributed by atoms with Crippen molar-refractivity contribution < 1.29 is 0 Å². The van der Waals surface area contributed by atoms with Crippen molar-refractivity contribution in [2.75, 3.05) is 19.3 Å². The summed E-state index contributed by atoms with van der Waals surface area (Å²) in [5.41, 5.74) is 0. The number of rotatable bonds is 5. The lowest BCUT2D eigenvalue weighted by molar-refractivity contribution is 0.636. The van der Waals surface area contributed by atoms with E-state index in [0.29, 0.717) is 6.04 Å². The van der Waals surface area contributed by atoms with Crippen molar-refractivity contribution in [1.29, 1.82) is 0 Å². The maximum absolute atomic E-state index is 4.25. The molecule has 1 aromatic rings.